The minimum Gasteiger partial charge on any atom is -0.369 e. The molecule has 3 aliphatic rings. The minimum atomic E-state index is -0.782. The fraction of sp³-hybridized carbons (Fsp3) is 0.529. The molecule has 0 unspecified atom stereocenters. The van der Waals surface area contributed by atoms with Gasteiger partial charge in [-0.05, 0) is 36.8 Å². The molecule has 1 heterocycles. The summed E-state index contributed by atoms with van der Waals surface area (Å²) in [5, 5.41) is 11.9. The molecule has 21 heavy (non-hydrogen) atoms. The number of benzene rings is 1. The van der Waals surface area contributed by atoms with Crippen LogP contribution in [0.15, 0.2) is 36.0 Å². The Labute approximate surface area is 124 Å². The Hall–Kier alpha value is -1.84. The summed E-state index contributed by atoms with van der Waals surface area (Å²) in [6.45, 7) is 1.96. The first-order chi connectivity index (χ1) is 10.2. The molecule has 2 fully saturated rings. The maximum atomic E-state index is 11.9. The standard InChI is InChI=1S/C17H20N2O2/c20-19(21)17-10-6-9-14(17)15(13-7-2-1-3-8-13)16(17)18-11-4-5-12-18/h1-3,7-8,14H,4-6,9-12H2/t14-,17+/m1/s1. The number of nitrogens with zero attached hydrogens (tertiary/aromatic N) is 2. The van der Waals surface area contributed by atoms with E-state index in [0.717, 1.165) is 44.5 Å². The van der Waals surface area contributed by atoms with Crippen LogP contribution in [0.4, 0.5) is 0 Å². The summed E-state index contributed by atoms with van der Waals surface area (Å²) in [5.74, 6) is 0.116. The molecule has 0 spiro atoms. The van der Waals surface area contributed by atoms with Crippen molar-refractivity contribution < 1.29 is 4.92 Å². The highest BCUT2D eigenvalue weighted by Crippen LogP contribution is 2.61. The van der Waals surface area contributed by atoms with Crippen LogP contribution in [-0.2, 0) is 0 Å². The van der Waals surface area contributed by atoms with Gasteiger partial charge in [-0.15, -0.1) is 0 Å². The van der Waals surface area contributed by atoms with Crippen molar-refractivity contribution in [3.8, 4) is 0 Å². The summed E-state index contributed by atoms with van der Waals surface area (Å²) in [5.41, 5.74) is 2.70. The van der Waals surface area contributed by atoms with E-state index in [1.165, 1.54) is 11.1 Å². The van der Waals surface area contributed by atoms with Gasteiger partial charge in [-0.1, -0.05) is 30.3 Å². The zero-order chi connectivity index (χ0) is 14.4. The van der Waals surface area contributed by atoms with Crippen molar-refractivity contribution in [3.63, 3.8) is 0 Å². The van der Waals surface area contributed by atoms with Gasteiger partial charge < -0.3 is 4.90 Å². The summed E-state index contributed by atoms with van der Waals surface area (Å²) in [6.07, 6.45) is 4.96. The zero-order valence-corrected chi connectivity index (χ0v) is 12.1. The minimum absolute atomic E-state index is 0.0186. The highest BCUT2D eigenvalue weighted by molar-refractivity contribution is 5.80. The van der Waals surface area contributed by atoms with E-state index in [1.807, 2.05) is 18.2 Å². The molecule has 0 radical (unpaired) electrons. The van der Waals surface area contributed by atoms with Gasteiger partial charge in [0.25, 0.3) is 5.54 Å². The molecule has 1 saturated heterocycles. The Morgan fingerprint density at radius 1 is 1.14 bits per heavy atom. The van der Waals surface area contributed by atoms with Gasteiger partial charge in [-0.2, -0.15) is 0 Å². The van der Waals surface area contributed by atoms with Gasteiger partial charge in [-0.3, -0.25) is 10.1 Å². The Kier molecular flexibility index (Phi) is 2.81. The average Bonchev–Trinajstić information content (AvgIpc) is 3.10. The molecule has 4 nitrogen and oxygen atoms in total. The first-order valence-corrected chi connectivity index (χ1v) is 7.94. The monoisotopic (exact) mass is 284 g/mol. The highest BCUT2D eigenvalue weighted by Gasteiger charge is 2.67. The van der Waals surface area contributed by atoms with E-state index in [1.54, 1.807) is 0 Å². The third kappa shape index (κ3) is 1.62. The molecular weight excluding hydrogens is 264 g/mol. The van der Waals surface area contributed by atoms with Crippen molar-refractivity contribution in [3.05, 3.63) is 51.7 Å². The van der Waals surface area contributed by atoms with Crippen molar-refractivity contribution in [1.82, 2.24) is 4.90 Å². The van der Waals surface area contributed by atoms with Gasteiger partial charge in [0.15, 0.2) is 0 Å². The van der Waals surface area contributed by atoms with Crippen LogP contribution < -0.4 is 0 Å². The van der Waals surface area contributed by atoms with E-state index in [9.17, 15) is 10.1 Å². The van der Waals surface area contributed by atoms with Crippen molar-refractivity contribution in [1.29, 1.82) is 0 Å². The molecule has 0 N–H and O–H groups in total. The van der Waals surface area contributed by atoms with Crippen LogP contribution in [0.2, 0.25) is 0 Å². The van der Waals surface area contributed by atoms with Crippen molar-refractivity contribution in [2.24, 2.45) is 5.92 Å². The van der Waals surface area contributed by atoms with E-state index in [2.05, 4.69) is 17.0 Å². The zero-order valence-electron chi connectivity index (χ0n) is 12.1. The number of rotatable bonds is 3. The summed E-state index contributed by atoms with van der Waals surface area (Å²) < 4.78 is 0. The molecule has 1 aliphatic heterocycles. The maximum Gasteiger partial charge on any atom is 0.268 e. The number of hydrogen-bond acceptors (Lipinski definition) is 3. The first kappa shape index (κ1) is 12.9. The second kappa shape index (κ2) is 4.58. The van der Waals surface area contributed by atoms with E-state index >= 15 is 0 Å². The Balaban J connectivity index is 1.87. The largest absolute Gasteiger partial charge is 0.369 e. The molecule has 0 aromatic heterocycles. The molecule has 1 aromatic rings. The lowest BCUT2D eigenvalue weighted by atomic mass is 9.64. The summed E-state index contributed by atoms with van der Waals surface area (Å²) in [7, 11) is 0. The molecule has 1 aromatic carbocycles. The average molecular weight is 284 g/mol. The predicted octanol–water partition coefficient (Wildman–Crippen LogP) is 3.32. The van der Waals surface area contributed by atoms with Gasteiger partial charge in [0, 0.05) is 24.4 Å². The Morgan fingerprint density at radius 3 is 2.52 bits per heavy atom. The van der Waals surface area contributed by atoms with Crippen LogP contribution >= 0.6 is 0 Å². The SMILES string of the molecule is O=[N+]([O-])[C@@]12CCC[C@@H]1C(c1ccccc1)=C2N1CCCC1. The third-order valence-electron chi connectivity index (χ3n) is 5.47. The lowest BCUT2D eigenvalue weighted by Crippen LogP contribution is -2.56. The van der Waals surface area contributed by atoms with Gasteiger partial charge in [0.2, 0.25) is 0 Å². The second-order valence-corrected chi connectivity index (χ2v) is 6.45. The van der Waals surface area contributed by atoms with E-state index in [-0.39, 0.29) is 10.8 Å². The molecule has 2 aliphatic carbocycles. The maximum absolute atomic E-state index is 11.9. The summed E-state index contributed by atoms with van der Waals surface area (Å²) in [6, 6.07) is 10.3. The van der Waals surface area contributed by atoms with E-state index in [0.29, 0.717) is 6.42 Å². The van der Waals surface area contributed by atoms with Crippen LogP contribution in [0, 0.1) is 16.0 Å². The molecule has 4 heteroatoms. The van der Waals surface area contributed by atoms with Gasteiger partial charge >= 0.3 is 0 Å². The molecular formula is C17H20N2O2. The predicted molar refractivity (Wildman–Crippen MR) is 81.2 cm³/mol. The van der Waals surface area contributed by atoms with Crippen molar-refractivity contribution in [2.45, 2.75) is 37.6 Å². The fourth-order valence-electron chi connectivity index (χ4n) is 4.62. The topological polar surface area (TPSA) is 46.4 Å². The number of hydrogen-bond donors (Lipinski definition) is 0. The lowest BCUT2D eigenvalue weighted by molar-refractivity contribution is -0.570. The second-order valence-electron chi connectivity index (χ2n) is 6.45. The first-order valence-electron chi connectivity index (χ1n) is 7.94. The molecule has 0 amide bonds. The van der Waals surface area contributed by atoms with E-state index in [4.69, 9.17) is 0 Å². The molecule has 4 rings (SSSR count). The van der Waals surface area contributed by atoms with Gasteiger partial charge in [0.05, 0.1) is 11.6 Å². The molecule has 2 atom stereocenters. The van der Waals surface area contributed by atoms with Crippen LogP contribution in [0.5, 0.6) is 0 Å². The highest BCUT2D eigenvalue weighted by atomic mass is 16.6. The number of fused-ring (bicyclic) bond motifs is 1. The Bertz CT molecular complexity index is 604. The van der Waals surface area contributed by atoms with Crippen molar-refractivity contribution in [2.75, 3.05) is 13.1 Å². The van der Waals surface area contributed by atoms with Crippen LogP contribution in [-0.4, -0.2) is 28.5 Å². The van der Waals surface area contributed by atoms with Gasteiger partial charge in [-0.25, -0.2) is 0 Å². The quantitative estimate of drug-likeness (QED) is 0.632. The molecule has 0 bridgehead atoms. The molecule has 1 saturated carbocycles. The summed E-state index contributed by atoms with van der Waals surface area (Å²) in [4.78, 5) is 14.2. The fourth-order valence-corrected chi connectivity index (χ4v) is 4.62. The smallest absolute Gasteiger partial charge is 0.268 e. The van der Waals surface area contributed by atoms with E-state index < -0.39 is 5.54 Å². The Morgan fingerprint density at radius 2 is 1.86 bits per heavy atom. The number of likely N-dealkylation sites (tertiary alicyclic amines) is 1. The molecule has 110 valence electrons. The number of nitro groups is 1. The van der Waals surface area contributed by atoms with Crippen LogP contribution in [0.1, 0.15) is 37.7 Å². The van der Waals surface area contributed by atoms with Crippen LogP contribution in [0.25, 0.3) is 5.57 Å². The third-order valence-corrected chi connectivity index (χ3v) is 5.47. The van der Waals surface area contributed by atoms with Crippen LogP contribution in [0.3, 0.4) is 0 Å². The van der Waals surface area contributed by atoms with Crippen molar-refractivity contribution >= 4 is 5.57 Å². The van der Waals surface area contributed by atoms with Gasteiger partial charge in [0.1, 0.15) is 0 Å². The normalized spacial score (nSPS) is 31.2. The summed E-state index contributed by atoms with van der Waals surface area (Å²) >= 11 is 0. The lowest BCUT2D eigenvalue weighted by Gasteiger charge is -2.46.